The molecule has 1 aromatic heterocycles. The maximum atomic E-state index is 14.4. The fourth-order valence-electron chi connectivity index (χ4n) is 6.87. The first-order chi connectivity index (χ1) is 20.2. The lowest BCUT2D eigenvalue weighted by molar-refractivity contribution is -0.138. The highest BCUT2D eigenvalue weighted by atomic mass is 19.4. The van der Waals surface area contributed by atoms with Crippen molar-refractivity contribution in [1.29, 1.82) is 0 Å². The van der Waals surface area contributed by atoms with Crippen LogP contribution in [0.5, 0.6) is 5.75 Å². The molecule has 2 aromatic carbocycles. The molecule has 3 aromatic rings. The summed E-state index contributed by atoms with van der Waals surface area (Å²) in [5.41, 5.74) is 1.92. The number of aromatic nitrogens is 3. The number of nitrogens with zero attached hydrogens (tertiary/aromatic N) is 4. The van der Waals surface area contributed by atoms with Gasteiger partial charge in [-0.25, -0.2) is 0 Å². The zero-order valence-electron chi connectivity index (χ0n) is 23.6. The Morgan fingerprint density at radius 1 is 1.12 bits per heavy atom. The van der Waals surface area contributed by atoms with E-state index in [1.54, 1.807) is 12.4 Å². The third kappa shape index (κ3) is 4.76. The predicted octanol–water partition coefficient (Wildman–Crippen LogP) is 4.86. The van der Waals surface area contributed by atoms with Crippen molar-refractivity contribution in [3.63, 3.8) is 0 Å². The van der Waals surface area contributed by atoms with E-state index in [1.807, 2.05) is 17.7 Å². The number of rotatable bonds is 7. The van der Waals surface area contributed by atoms with E-state index in [1.165, 1.54) is 17.4 Å². The lowest BCUT2D eigenvalue weighted by Crippen LogP contribution is -2.49. The molecule has 3 aliphatic heterocycles. The van der Waals surface area contributed by atoms with Gasteiger partial charge in [0.15, 0.2) is 0 Å². The van der Waals surface area contributed by atoms with Crippen molar-refractivity contribution in [2.45, 2.75) is 75.7 Å². The molecule has 1 aliphatic carbocycles. The molecular weight excluding hydrogens is 547 g/mol. The minimum Gasteiger partial charge on any atom is -0.491 e. The number of aryl methyl sites for hydroxylation is 1. The van der Waals surface area contributed by atoms with Crippen LogP contribution in [-0.4, -0.2) is 46.5 Å². The first kappa shape index (κ1) is 27.4. The molecule has 2 fully saturated rings. The van der Waals surface area contributed by atoms with Gasteiger partial charge >= 0.3 is 6.18 Å². The summed E-state index contributed by atoms with van der Waals surface area (Å²) < 4.78 is 56.7. The number of carbonyl (C=O) groups excluding carboxylic acids is 1. The zero-order chi connectivity index (χ0) is 29.1. The summed E-state index contributed by atoms with van der Waals surface area (Å²) in [6.07, 6.45) is 3.82. The standard InChI is InChI=1S/C31H34F3N5O3/c1-38-18-36-37-27(38)13-30(16-41-17-30)21-11-20-7-8-42-28(20)26(12-21)39-15-24-23(29(39)40)9-19(10-25(24)31(32,33)34)14-35-22-5-3-2-4-6-22/h9-12,18,22,35H,2-8,13-17H2,1H3. The smallest absolute Gasteiger partial charge is 0.416 e. The van der Waals surface area contributed by atoms with Crippen LogP contribution in [0.2, 0.25) is 0 Å². The van der Waals surface area contributed by atoms with Crippen LogP contribution in [0.3, 0.4) is 0 Å². The monoisotopic (exact) mass is 581 g/mol. The molecule has 0 radical (unpaired) electrons. The molecule has 7 rings (SSSR count). The second kappa shape index (κ2) is 10.4. The second-order valence-corrected chi connectivity index (χ2v) is 12.2. The number of hydrogen-bond donors (Lipinski definition) is 1. The summed E-state index contributed by atoms with van der Waals surface area (Å²) in [6.45, 7) is 1.54. The number of fused-ring (bicyclic) bond motifs is 2. The fraction of sp³-hybridized carbons (Fsp3) is 0.516. The van der Waals surface area contributed by atoms with Crippen molar-refractivity contribution in [2.75, 3.05) is 24.7 Å². The molecule has 0 atom stereocenters. The van der Waals surface area contributed by atoms with Crippen LogP contribution in [0, 0.1) is 0 Å². The number of alkyl halides is 3. The highest BCUT2D eigenvalue weighted by Crippen LogP contribution is 2.47. The molecule has 4 aliphatic rings. The second-order valence-electron chi connectivity index (χ2n) is 12.2. The van der Waals surface area contributed by atoms with Crippen molar-refractivity contribution in [3.8, 4) is 5.75 Å². The van der Waals surface area contributed by atoms with Crippen LogP contribution < -0.4 is 15.0 Å². The van der Waals surface area contributed by atoms with E-state index >= 15 is 0 Å². The SMILES string of the molecule is Cn1cnnc1CC1(c2cc3c(c(N4Cc5c(cc(CNC6CCCCC6)cc5C(F)(F)F)C4=O)c2)OCC3)COC1. The Labute approximate surface area is 242 Å². The molecule has 0 bridgehead atoms. The number of ether oxygens (including phenoxy) is 2. The van der Waals surface area contributed by atoms with Gasteiger partial charge in [0, 0.05) is 43.5 Å². The highest BCUT2D eigenvalue weighted by molar-refractivity contribution is 6.11. The van der Waals surface area contributed by atoms with E-state index in [-0.39, 0.29) is 23.1 Å². The molecule has 1 saturated heterocycles. The molecule has 4 heterocycles. The third-order valence-corrected chi connectivity index (χ3v) is 9.33. The Bertz CT molecular complexity index is 1520. The minimum absolute atomic E-state index is 0.0202. The Morgan fingerprint density at radius 2 is 1.93 bits per heavy atom. The van der Waals surface area contributed by atoms with Crippen LogP contribution in [0.4, 0.5) is 18.9 Å². The van der Waals surface area contributed by atoms with Crippen LogP contribution >= 0.6 is 0 Å². The lowest BCUT2D eigenvalue weighted by Gasteiger charge is -2.42. The van der Waals surface area contributed by atoms with Crippen LogP contribution in [0.15, 0.2) is 30.6 Å². The van der Waals surface area contributed by atoms with Gasteiger partial charge in [-0.05, 0) is 53.3 Å². The van der Waals surface area contributed by atoms with E-state index in [2.05, 4.69) is 21.6 Å². The maximum absolute atomic E-state index is 14.4. The average Bonchev–Trinajstić information content (AvgIpc) is 3.67. The van der Waals surface area contributed by atoms with E-state index in [9.17, 15) is 18.0 Å². The Hall–Kier alpha value is -3.44. The number of amides is 1. The topological polar surface area (TPSA) is 81.5 Å². The van der Waals surface area contributed by atoms with Crippen molar-refractivity contribution in [3.05, 3.63) is 69.8 Å². The van der Waals surface area contributed by atoms with Crippen LogP contribution in [-0.2, 0) is 49.3 Å². The van der Waals surface area contributed by atoms with Gasteiger partial charge in [-0.2, -0.15) is 13.2 Å². The van der Waals surface area contributed by atoms with E-state index in [0.29, 0.717) is 62.2 Å². The largest absolute Gasteiger partial charge is 0.491 e. The average molecular weight is 582 g/mol. The summed E-state index contributed by atoms with van der Waals surface area (Å²) >= 11 is 0. The molecule has 0 spiro atoms. The molecule has 1 saturated carbocycles. The van der Waals surface area contributed by atoms with Gasteiger partial charge in [0.2, 0.25) is 0 Å². The summed E-state index contributed by atoms with van der Waals surface area (Å²) in [6, 6.07) is 7.15. The summed E-state index contributed by atoms with van der Waals surface area (Å²) in [4.78, 5) is 15.4. The van der Waals surface area contributed by atoms with Crippen molar-refractivity contribution >= 4 is 11.6 Å². The van der Waals surface area contributed by atoms with Gasteiger partial charge in [-0.1, -0.05) is 25.3 Å². The maximum Gasteiger partial charge on any atom is 0.416 e. The Morgan fingerprint density at radius 3 is 2.62 bits per heavy atom. The van der Waals surface area contributed by atoms with Crippen molar-refractivity contribution in [2.24, 2.45) is 7.05 Å². The summed E-state index contributed by atoms with van der Waals surface area (Å²) in [7, 11) is 1.89. The van der Waals surface area contributed by atoms with Crippen LogP contribution in [0.1, 0.15) is 76.1 Å². The number of benzene rings is 2. The number of carbonyl (C=O) groups is 1. The molecule has 8 nitrogen and oxygen atoms in total. The molecule has 11 heteroatoms. The van der Waals surface area contributed by atoms with Crippen LogP contribution in [0.25, 0.3) is 0 Å². The van der Waals surface area contributed by atoms with E-state index < -0.39 is 17.6 Å². The van der Waals surface area contributed by atoms with E-state index in [4.69, 9.17) is 9.47 Å². The molecule has 42 heavy (non-hydrogen) atoms. The van der Waals surface area contributed by atoms with E-state index in [0.717, 1.165) is 42.6 Å². The fourth-order valence-corrected chi connectivity index (χ4v) is 6.87. The predicted molar refractivity (Wildman–Crippen MR) is 149 cm³/mol. The highest BCUT2D eigenvalue weighted by Gasteiger charge is 2.45. The number of halogens is 3. The number of nitrogens with one attached hydrogen (secondary N) is 1. The summed E-state index contributed by atoms with van der Waals surface area (Å²) in [5, 5.41) is 11.7. The molecule has 0 unspecified atom stereocenters. The van der Waals surface area contributed by atoms with Gasteiger partial charge in [0.1, 0.15) is 17.9 Å². The van der Waals surface area contributed by atoms with Gasteiger partial charge in [0.25, 0.3) is 5.91 Å². The molecule has 222 valence electrons. The van der Waals surface area contributed by atoms with Gasteiger partial charge in [0.05, 0.1) is 37.6 Å². The normalized spacial score (nSPS) is 19.9. The molecular formula is C31H34F3N5O3. The Balaban J connectivity index is 1.24. The minimum atomic E-state index is -4.58. The van der Waals surface area contributed by atoms with Gasteiger partial charge in [-0.15, -0.1) is 10.2 Å². The van der Waals surface area contributed by atoms with Gasteiger partial charge < -0.3 is 24.3 Å². The van der Waals surface area contributed by atoms with Crippen molar-refractivity contribution in [1.82, 2.24) is 20.1 Å². The number of hydrogen-bond acceptors (Lipinski definition) is 6. The first-order valence-corrected chi connectivity index (χ1v) is 14.7. The number of anilines is 1. The molecule has 1 amide bonds. The zero-order valence-corrected chi connectivity index (χ0v) is 23.6. The van der Waals surface area contributed by atoms with Crippen molar-refractivity contribution < 1.29 is 27.4 Å². The lowest BCUT2D eigenvalue weighted by atomic mass is 9.74. The summed E-state index contributed by atoms with van der Waals surface area (Å²) in [5.74, 6) is 0.948. The molecule has 1 N–H and O–H groups in total. The Kier molecular flexibility index (Phi) is 6.77. The first-order valence-electron chi connectivity index (χ1n) is 14.7. The van der Waals surface area contributed by atoms with Gasteiger partial charge in [-0.3, -0.25) is 4.79 Å². The quantitative estimate of drug-likeness (QED) is 0.429. The third-order valence-electron chi connectivity index (χ3n) is 9.33.